The molecule has 4 rings (SSSR count). The number of carbonyl (C=O) groups is 1. The molecule has 6 nitrogen and oxygen atoms in total. The highest BCUT2D eigenvalue weighted by Crippen LogP contribution is 2.26. The number of para-hydroxylation sites is 1. The van der Waals surface area contributed by atoms with Crippen LogP contribution in [0.2, 0.25) is 0 Å². The van der Waals surface area contributed by atoms with Crippen molar-refractivity contribution in [3.8, 4) is 5.69 Å². The lowest BCUT2D eigenvalue weighted by Gasteiger charge is -2.34. The number of piperazine rings is 1. The highest BCUT2D eigenvalue weighted by Gasteiger charge is 2.31. The van der Waals surface area contributed by atoms with Crippen molar-refractivity contribution in [2.24, 2.45) is 0 Å². The van der Waals surface area contributed by atoms with E-state index in [1.54, 1.807) is 4.31 Å². The third kappa shape index (κ3) is 4.60. The van der Waals surface area contributed by atoms with Crippen LogP contribution in [-0.4, -0.2) is 60.7 Å². The van der Waals surface area contributed by atoms with Crippen LogP contribution in [0.15, 0.2) is 53.4 Å². The molecule has 34 heavy (non-hydrogen) atoms. The molecule has 0 bridgehead atoms. The van der Waals surface area contributed by atoms with Gasteiger partial charge in [0, 0.05) is 48.8 Å². The molecular formula is C27H33N3O3S. The fourth-order valence-corrected chi connectivity index (χ4v) is 6.97. The van der Waals surface area contributed by atoms with E-state index < -0.39 is 10.0 Å². The molecule has 0 radical (unpaired) electrons. The first-order chi connectivity index (χ1) is 16.1. The summed E-state index contributed by atoms with van der Waals surface area (Å²) in [6, 6.07) is 15.8. The smallest absolute Gasteiger partial charge is 0.243 e. The summed E-state index contributed by atoms with van der Waals surface area (Å²) in [4.78, 5) is 15.6. The largest absolute Gasteiger partial charge is 0.318 e. The molecule has 180 valence electrons. The number of sulfonamides is 1. The van der Waals surface area contributed by atoms with E-state index >= 15 is 0 Å². The number of rotatable bonds is 6. The molecule has 0 amide bonds. The maximum Gasteiger partial charge on any atom is 0.243 e. The second kappa shape index (κ2) is 9.49. The second-order valence-electron chi connectivity index (χ2n) is 9.29. The maximum absolute atomic E-state index is 13.3. The Labute approximate surface area is 202 Å². The highest BCUT2D eigenvalue weighted by atomic mass is 32.2. The van der Waals surface area contributed by atoms with Gasteiger partial charge in [0.2, 0.25) is 10.0 Å². The van der Waals surface area contributed by atoms with Crippen LogP contribution in [-0.2, 0) is 10.0 Å². The monoisotopic (exact) mass is 479 g/mol. The molecule has 0 N–H and O–H groups in total. The predicted molar refractivity (Wildman–Crippen MR) is 135 cm³/mol. The quantitative estimate of drug-likeness (QED) is 0.497. The molecule has 2 heterocycles. The zero-order valence-corrected chi connectivity index (χ0v) is 21.4. The molecule has 0 atom stereocenters. The normalized spacial score (nSPS) is 15.6. The third-order valence-electron chi connectivity index (χ3n) is 6.65. The van der Waals surface area contributed by atoms with Crippen LogP contribution in [0.1, 0.15) is 38.4 Å². The molecule has 0 aliphatic carbocycles. The minimum Gasteiger partial charge on any atom is -0.318 e. The van der Waals surface area contributed by atoms with E-state index in [1.165, 1.54) is 0 Å². The van der Waals surface area contributed by atoms with Gasteiger partial charge in [0.25, 0.3) is 0 Å². The van der Waals surface area contributed by atoms with Crippen LogP contribution in [0, 0.1) is 34.6 Å². The van der Waals surface area contributed by atoms with Gasteiger partial charge in [-0.05, 0) is 63.9 Å². The summed E-state index contributed by atoms with van der Waals surface area (Å²) in [6.07, 6.45) is 0. The minimum absolute atomic E-state index is 0.0665. The van der Waals surface area contributed by atoms with Crippen LogP contribution in [0.25, 0.3) is 5.69 Å². The number of aryl methyl sites for hydroxylation is 4. The van der Waals surface area contributed by atoms with Crippen LogP contribution >= 0.6 is 0 Å². The summed E-state index contributed by atoms with van der Waals surface area (Å²) in [5.74, 6) is 0.0665. The van der Waals surface area contributed by atoms with Crippen LogP contribution in [0.3, 0.4) is 0 Å². The lowest BCUT2D eigenvalue weighted by Crippen LogP contribution is -2.50. The molecule has 0 saturated carbocycles. The summed E-state index contributed by atoms with van der Waals surface area (Å²) in [7, 11) is -3.57. The van der Waals surface area contributed by atoms with Gasteiger partial charge in [-0.15, -0.1) is 0 Å². The molecule has 1 saturated heterocycles. The van der Waals surface area contributed by atoms with E-state index in [1.807, 2.05) is 83.1 Å². The summed E-state index contributed by atoms with van der Waals surface area (Å²) in [5, 5.41) is 0. The molecule has 0 spiro atoms. The van der Waals surface area contributed by atoms with Crippen molar-refractivity contribution in [2.75, 3.05) is 32.7 Å². The SMILES string of the molecule is Cc1cc(C)c(S(=O)(=O)N2CCN(CC(=O)c3cc(C)n(-c4ccccc4)c3C)CC2)c(C)c1. The molecule has 1 aromatic heterocycles. The van der Waals surface area contributed by atoms with Crippen molar-refractivity contribution in [3.63, 3.8) is 0 Å². The van der Waals surface area contributed by atoms with Gasteiger partial charge in [-0.3, -0.25) is 9.69 Å². The number of carbonyl (C=O) groups excluding carboxylic acids is 1. The number of aromatic nitrogens is 1. The highest BCUT2D eigenvalue weighted by molar-refractivity contribution is 7.89. The van der Waals surface area contributed by atoms with E-state index in [2.05, 4.69) is 9.47 Å². The van der Waals surface area contributed by atoms with Crippen molar-refractivity contribution >= 4 is 15.8 Å². The first kappa shape index (κ1) is 24.4. The van der Waals surface area contributed by atoms with Crippen LogP contribution < -0.4 is 0 Å². The number of ketones is 1. The van der Waals surface area contributed by atoms with Crippen molar-refractivity contribution in [3.05, 3.63) is 82.2 Å². The number of Topliss-reactive ketones (excluding diaryl/α,β-unsaturated/α-hetero) is 1. The standard InChI is InChI=1S/C27H33N3O3S/c1-19-15-20(2)27(21(3)16-19)34(32,33)29-13-11-28(12-14-29)18-26(31)25-17-22(4)30(23(25)5)24-9-7-6-8-10-24/h6-10,15-17H,11-14,18H2,1-5H3. The molecular weight excluding hydrogens is 446 g/mol. The van der Waals surface area contributed by atoms with Gasteiger partial charge in [-0.1, -0.05) is 35.9 Å². The number of hydrogen-bond donors (Lipinski definition) is 0. The zero-order valence-electron chi connectivity index (χ0n) is 20.6. The summed E-state index contributed by atoms with van der Waals surface area (Å²) >= 11 is 0. The number of benzene rings is 2. The first-order valence-electron chi connectivity index (χ1n) is 11.7. The number of hydrogen-bond acceptors (Lipinski definition) is 4. The van der Waals surface area contributed by atoms with Crippen LogP contribution in [0.5, 0.6) is 0 Å². The average Bonchev–Trinajstić information content (AvgIpc) is 3.07. The number of nitrogens with zero attached hydrogens (tertiary/aromatic N) is 3. The van der Waals surface area contributed by atoms with Crippen molar-refractivity contribution in [1.29, 1.82) is 0 Å². The summed E-state index contributed by atoms with van der Waals surface area (Å²) in [6.45, 7) is 11.8. The Morgan fingerprint density at radius 2 is 1.44 bits per heavy atom. The van der Waals surface area contributed by atoms with Crippen molar-refractivity contribution in [1.82, 2.24) is 13.8 Å². The predicted octanol–water partition coefficient (Wildman–Crippen LogP) is 4.21. The first-order valence-corrected chi connectivity index (χ1v) is 13.1. The fourth-order valence-electron chi connectivity index (χ4n) is 5.14. The third-order valence-corrected chi connectivity index (χ3v) is 8.85. The lowest BCUT2D eigenvalue weighted by molar-refractivity contribution is 0.0901. The van der Waals surface area contributed by atoms with E-state index in [4.69, 9.17) is 0 Å². The maximum atomic E-state index is 13.3. The van der Waals surface area contributed by atoms with Gasteiger partial charge >= 0.3 is 0 Å². The Hall–Kier alpha value is -2.74. The van der Waals surface area contributed by atoms with Gasteiger partial charge in [0.05, 0.1) is 11.4 Å². The zero-order chi connectivity index (χ0) is 24.6. The second-order valence-corrected chi connectivity index (χ2v) is 11.2. The molecule has 2 aromatic carbocycles. The molecule has 7 heteroatoms. The van der Waals surface area contributed by atoms with E-state index in [0.717, 1.165) is 39.3 Å². The van der Waals surface area contributed by atoms with E-state index in [0.29, 0.717) is 31.1 Å². The molecule has 1 aliphatic heterocycles. The molecule has 1 fully saturated rings. The molecule has 0 unspecified atom stereocenters. The summed E-state index contributed by atoms with van der Waals surface area (Å²) < 4.78 is 30.4. The fraction of sp³-hybridized carbons (Fsp3) is 0.370. The average molecular weight is 480 g/mol. The van der Waals surface area contributed by atoms with Crippen molar-refractivity contribution in [2.45, 2.75) is 39.5 Å². The van der Waals surface area contributed by atoms with Crippen molar-refractivity contribution < 1.29 is 13.2 Å². The lowest BCUT2D eigenvalue weighted by atomic mass is 10.1. The van der Waals surface area contributed by atoms with Gasteiger partial charge in [-0.2, -0.15) is 4.31 Å². The van der Waals surface area contributed by atoms with Gasteiger partial charge in [0.1, 0.15) is 0 Å². The Kier molecular flexibility index (Phi) is 6.80. The Morgan fingerprint density at radius 1 is 0.853 bits per heavy atom. The minimum atomic E-state index is -3.57. The summed E-state index contributed by atoms with van der Waals surface area (Å²) in [5.41, 5.74) is 6.34. The van der Waals surface area contributed by atoms with E-state index in [-0.39, 0.29) is 12.3 Å². The topological polar surface area (TPSA) is 62.6 Å². The van der Waals surface area contributed by atoms with Gasteiger partial charge in [-0.25, -0.2) is 8.42 Å². The molecule has 1 aliphatic rings. The Bertz CT molecular complexity index is 1300. The van der Waals surface area contributed by atoms with Crippen LogP contribution in [0.4, 0.5) is 0 Å². The van der Waals surface area contributed by atoms with E-state index in [9.17, 15) is 13.2 Å². The van der Waals surface area contributed by atoms with Gasteiger partial charge < -0.3 is 4.57 Å². The molecule has 3 aromatic rings. The van der Waals surface area contributed by atoms with Gasteiger partial charge in [0.15, 0.2) is 5.78 Å². The Morgan fingerprint density at radius 3 is 2.03 bits per heavy atom. The Balaban J connectivity index is 1.45.